The summed E-state index contributed by atoms with van der Waals surface area (Å²) in [6.45, 7) is 0. The van der Waals surface area contributed by atoms with Gasteiger partial charge in [-0.05, 0) is 60.2 Å². The molecule has 0 bridgehead atoms. The van der Waals surface area contributed by atoms with Gasteiger partial charge in [-0.2, -0.15) is 0 Å². The Balaban J connectivity index is 1.17. The van der Waals surface area contributed by atoms with Crippen molar-refractivity contribution in [2.24, 2.45) is 4.99 Å². The number of anilines is 2. The Hall–Kier alpha value is -5.25. The summed E-state index contributed by atoms with van der Waals surface area (Å²) in [4.78, 5) is 48.8. The molecule has 0 saturated heterocycles. The molecule has 1 aliphatic heterocycles. The summed E-state index contributed by atoms with van der Waals surface area (Å²) in [6, 6.07) is 31.9. The number of nitrogens with one attached hydrogen (secondary N) is 1. The molecule has 2 amide bonds. The molecular weight excluding hydrogens is 596 g/mol. The number of carboxylic acids is 1. The van der Waals surface area contributed by atoms with E-state index in [9.17, 15) is 19.5 Å². The molecule has 4 aromatic carbocycles. The van der Waals surface area contributed by atoms with Gasteiger partial charge in [0.1, 0.15) is 5.70 Å². The minimum absolute atomic E-state index is 0.00977. The first-order valence-corrected chi connectivity index (χ1v) is 14.8. The lowest BCUT2D eigenvalue weighted by molar-refractivity contribution is -0.114. The highest BCUT2D eigenvalue weighted by atomic mass is 35.5. The molecule has 5 aromatic rings. The third-order valence-corrected chi connectivity index (χ3v) is 7.91. The number of hydrogen-bond acceptors (Lipinski definition) is 6. The standard InChI is InChI=1S/C34H23ClN4O4S/c35-23-8-6-7-21(17-23)18-30-32(41)39(25-9-2-1-3-10-25)34(38-30)44-20-31(40)36-24-15-13-22(14-16-24)29-19-27(33(42)43)26-11-4-5-12-28(26)37-29/h1-19H,20H2,(H,36,40)(H,42,43)/b30-18-. The van der Waals surface area contributed by atoms with Gasteiger partial charge in [0.05, 0.1) is 28.2 Å². The second-order valence-corrected chi connectivity index (χ2v) is 11.1. The molecule has 1 aliphatic rings. The molecule has 2 heterocycles. The average Bonchev–Trinajstić information content (AvgIpc) is 3.34. The number of amides is 2. The Labute approximate surface area is 261 Å². The Morgan fingerprint density at radius 3 is 2.41 bits per heavy atom. The molecule has 0 atom stereocenters. The van der Waals surface area contributed by atoms with E-state index in [2.05, 4.69) is 15.3 Å². The van der Waals surface area contributed by atoms with Gasteiger partial charge in [0.25, 0.3) is 5.91 Å². The zero-order valence-electron chi connectivity index (χ0n) is 23.0. The van der Waals surface area contributed by atoms with Crippen LogP contribution in [0.5, 0.6) is 0 Å². The van der Waals surface area contributed by atoms with E-state index in [1.54, 1.807) is 72.8 Å². The van der Waals surface area contributed by atoms with Gasteiger partial charge in [0.15, 0.2) is 5.17 Å². The van der Waals surface area contributed by atoms with Gasteiger partial charge < -0.3 is 10.4 Å². The first kappa shape index (κ1) is 28.9. The number of para-hydroxylation sites is 2. The van der Waals surface area contributed by atoms with Crippen molar-refractivity contribution in [1.82, 2.24) is 4.98 Å². The van der Waals surface area contributed by atoms with E-state index in [-0.39, 0.29) is 28.8 Å². The number of benzene rings is 4. The highest BCUT2D eigenvalue weighted by molar-refractivity contribution is 8.14. The second-order valence-electron chi connectivity index (χ2n) is 9.75. The molecule has 0 unspecified atom stereocenters. The van der Waals surface area contributed by atoms with Crippen LogP contribution in [0.25, 0.3) is 28.2 Å². The predicted octanol–water partition coefficient (Wildman–Crippen LogP) is 7.37. The van der Waals surface area contributed by atoms with E-state index in [4.69, 9.17) is 11.6 Å². The first-order chi connectivity index (χ1) is 21.4. The maximum Gasteiger partial charge on any atom is 0.336 e. The summed E-state index contributed by atoms with van der Waals surface area (Å²) in [5, 5.41) is 14.1. The number of thioether (sulfide) groups is 1. The van der Waals surface area contributed by atoms with Gasteiger partial charge in [0, 0.05) is 21.7 Å². The van der Waals surface area contributed by atoms with Crippen molar-refractivity contribution in [3.8, 4) is 11.3 Å². The van der Waals surface area contributed by atoms with Crippen LogP contribution >= 0.6 is 23.4 Å². The summed E-state index contributed by atoms with van der Waals surface area (Å²) < 4.78 is 0. The molecule has 0 saturated carbocycles. The zero-order valence-corrected chi connectivity index (χ0v) is 24.5. The molecular formula is C34H23ClN4O4S. The van der Waals surface area contributed by atoms with E-state index in [0.717, 1.165) is 17.3 Å². The van der Waals surface area contributed by atoms with Crippen molar-refractivity contribution in [2.45, 2.75) is 0 Å². The van der Waals surface area contributed by atoms with E-state index in [0.29, 0.717) is 43.7 Å². The van der Waals surface area contributed by atoms with Crippen LogP contribution < -0.4 is 10.2 Å². The van der Waals surface area contributed by atoms with Crippen molar-refractivity contribution >= 4 is 74.7 Å². The number of aromatic nitrogens is 1. The number of rotatable bonds is 7. The number of amidine groups is 1. The summed E-state index contributed by atoms with van der Waals surface area (Å²) in [7, 11) is 0. The predicted molar refractivity (Wildman–Crippen MR) is 176 cm³/mol. The number of fused-ring (bicyclic) bond motifs is 1. The maximum absolute atomic E-state index is 13.4. The van der Waals surface area contributed by atoms with E-state index in [1.807, 2.05) is 42.5 Å². The van der Waals surface area contributed by atoms with Crippen LogP contribution in [0.4, 0.5) is 11.4 Å². The summed E-state index contributed by atoms with van der Waals surface area (Å²) in [5.74, 6) is -1.61. The molecule has 10 heteroatoms. The SMILES string of the molecule is O=C(CSC1=N/C(=C\c2cccc(Cl)c2)C(=O)N1c1ccccc1)Nc1ccc(-c2cc(C(=O)O)c3ccccc3n2)cc1. The number of pyridine rings is 1. The lowest BCUT2D eigenvalue weighted by atomic mass is 10.0. The Morgan fingerprint density at radius 2 is 1.66 bits per heavy atom. The molecule has 0 aliphatic carbocycles. The highest BCUT2D eigenvalue weighted by Crippen LogP contribution is 2.30. The van der Waals surface area contributed by atoms with Gasteiger partial charge in [-0.25, -0.2) is 14.8 Å². The average molecular weight is 619 g/mol. The van der Waals surface area contributed by atoms with Crippen molar-refractivity contribution in [2.75, 3.05) is 16.0 Å². The van der Waals surface area contributed by atoms with Gasteiger partial charge in [-0.3, -0.25) is 14.5 Å². The van der Waals surface area contributed by atoms with Crippen LogP contribution in [0.2, 0.25) is 5.02 Å². The van der Waals surface area contributed by atoms with E-state index >= 15 is 0 Å². The number of carboxylic acid groups (broad SMARTS) is 1. The minimum atomic E-state index is -1.03. The monoisotopic (exact) mass is 618 g/mol. The number of carbonyl (C=O) groups excluding carboxylic acids is 2. The third-order valence-electron chi connectivity index (χ3n) is 6.74. The van der Waals surface area contributed by atoms with Crippen molar-refractivity contribution in [3.05, 3.63) is 131 Å². The highest BCUT2D eigenvalue weighted by Gasteiger charge is 2.32. The smallest absolute Gasteiger partial charge is 0.336 e. The fraction of sp³-hybridized carbons (Fsp3) is 0.0294. The lowest BCUT2D eigenvalue weighted by Crippen LogP contribution is -2.31. The molecule has 6 rings (SSSR count). The van der Waals surface area contributed by atoms with Crippen LogP contribution in [0.3, 0.4) is 0 Å². The Morgan fingerprint density at radius 1 is 0.909 bits per heavy atom. The van der Waals surface area contributed by atoms with Crippen LogP contribution in [0, 0.1) is 0 Å². The Kier molecular flexibility index (Phi) is 8.23. The van der Waals surface area contributed by atoms with Crippen molar-refractivity contribution < 1.29 is 19.5 Å². The quantitative estimate of drug-likeness (QED) is 0.184. The number of nitrogens with zero attached hydrogens (tertiary/aromatic N) is 3. The van der Waals surface area contributed by atoms with E-state index < -0.39 is 5.97 Å². The zero-order chi connectivity index (χ0) is 30.6. The number of carbonyl (C=O) groups is 3. The number of halogens is 1. The maximum atomic E-state index is 13.4. The lowest BCUT2D eigenvalue weighted by Gasteiger charge is -2.17. The van der Waals surface area contributed by atoms with Gasteiger partial charge in [-0.1, -0.05) is 84.0 Å². The molecule has 0 radical (unpaired) electrons. The minimum Gasteiger partial charge on any atom is -0.478 e. The normalized spacial score (nSPS) is 13.8. The van der Waals surface area contributed by atoms with Crippen molar-refractivity contribution in [1.29, 1.82) is 0 Å². The fourth-order valence-electron chi connectivity index (χ4n) is 4.70. The number of hydrogen-bond donors (Lipinski definition) is 2. The largest absolute Gasteiger partial charge is 0.478 e. The summed E-state index contributed by atoms with van der Waals surface area (Å²) >= 11 is 7.27. The molecule has 1 aromatic heterocycles. The third kappa shape index (κ3) is 6.24. The Bertz CT molecular complexity index is 1980. The van der Waals surface area contributed by atoms with Gasteiger partial charge in [-0.15, -0.1) is 0 Å². The van der Waals surface area contributed by atoms with E-state index in [1.165, 1.54) is 4.90 Å². The molecule has 0 fully saturated rings. The first-order valence-electron chi connectivity index (χ1n) is 13.5. The van der Waals surface area contributed by atoms with Crippen LogP contribution in [-0.2, 0) is 9.59 Å². The molecule has 8 nitrogen and oxygen atoms in total. The molecule has 0 spiro atoms. The van der Waals surface area contributed by atoms with Crippen molar-refractivity contribution in [3.63, 3.8) is 0 Å². The second kappa shape index (κ2) is 12.5. The topological polar surface area (TPSA) is 112 Å². The molecule has 216 valence electrons. The fourth-order valence-corrected chi connectivity index (χ4v) is 5.72. The molecule has 2 N–H and O–H groups in total. The van der Waals surface area contributed by atoms with Crippen LogP contribution in [-0.4, -0.2) is 38.8 Å². The molecule has 44 heavy (non-hydrogen) atoms. The summed E-state index contributed by atoms with van der Waals surface area (Å²) in [6.07, 6.45) is 1.67. The van der Waals surface area contributed by atoms with Crippen LogP contribution in [0.1, 0.15) is 15.9 Å². The van der Waals surface area contributed by atoms with Crippen LogP contribution in [0.15, 0.2) is 120 Å². The van der Waals surface area contributed by atoms with Gasteiger partial charge in [0.2, 0.25) is 5.91 Å². The number of aliphatic imine (C=N–C) groups is 1. The van der Waals surface area contributed by atoms with Gasteiger partial charge >= 0.3 is 5.97 Å². The summed E-state index contributed by atoms with van der Waals surface area (Å²) in [5.41, 5.74) is 4.16. The number of aromatic carboxylic acids is 1.